The van der Waals surface area contributed by atoms with E-state index in [2.05, 4.69) is 24.1 Å². The number of hydrogen-bond acceptors (Lipinski definition) is 4. The van der Waals surface area contributed by atoms with Crippen LogP contribution in [0.4, 0.5) is 0 Å². The second-order valence-electron chi connectivity index (χ2n) is 5.61. The highest BCUT2D eigenvalue weighted by molar-refractivity contribution is 4.74. The van der Waals surface area contributed by atoms with Crippen molar-refractivity contribution in [2.75, 3.05) is 26.3 Å². The normalized spacial score (nSPS) is 14.2. The first-order valence-corrected chi connectivity index (χ1v) is 8.18. The average Bonchev–Trinajstić information content (AvgIpc) is 3.00. The van der Waals surface area contributed by atoms with Gasteiger partial charge < -0.3 is 19.7 Å². The van der Waals surface area contributed by atoms with Crippen LogP contribution < -0.4 is 5.32 Å². The van der Waals surface area contributed by atoms with Gasteiger partial charge in [-0.3, -0.25) is 0 Å². The summed E-state index contributed by atoms with van der Waals surface area (Å²) in [7, 11) is 0. The molecule has 0 saturated heterocycles. The number of aliphatic hydroxyl groups excluding tert-OH is 1. The maximum absolute atomic E-state index is 9.86. The van der Waals surface area contributed by atoms with Crippen molar-refractivity contribution in [1.82, 2.24) is 14.9 Å². The van der Waals surface area contributed by atoms with Crippen LogP contribution in [0.2, 0.25) is 0 Å². The molecular weight excluding hydrogens is 266 g/mol. The first-order valence-electron chi connectivity index (χ1n) is 8.18. The third-order valence-corrected chi connectivity index (χ3v) is 3.69. The highest BCUT2D eigenvalue weighted by Gasteiger charge is 2.08. The summed E-state index contributed by atoms with van der Waals surface area (Å²) in [6.45, 7) is 7.86. The standard InChI is InChI=1S/C16H31N3O2/c1-3-5-6-15(4-2)12-21-13-16(20)11-17-7-9-19-10-8-18-14-19/h8,10,14-17,20H,3-7,9,11-13H2,1-2H3. The lowest BCUT2D eigenvalue weighted by Crippen LogP contribution is -2.32. The molecule has 1 aromatic heterocycles. The number of aromatic nitrogens is 2. The van der Waals surface area contributed by atoms with Gasteiger partial charge in [-0.15, -0.1) is 0 Å². The van der Waals surface area contributed by atoms with Crippen molar-refractivity contribution in [3.63, 3.8) is 0 Å². The van der Waals surface area contributed by atoms with Crippen LogP contribution in [0.3, 0.4) is 0 Å². The van der Waals surface area contributed by atoms with Crippen molar-refractivity contribution in [2.45, 2.75) is 52.2 Å². The van der Waals surface area contributed by atoms with Gasteiger partial charge in [0, 0.05) is 38.6 Å². The minimum atomic E-state index is -0.434. The van der Waals surface area contributed by atoms with Gasteiger partial charge >= 0.3 is 0 Å². The topological polar surface area (TPSA) is 59.3 Å². The Kier molecular flexibility index (Phi) is 10.1. The van der Waals surface area contributed by atoms with Crippen LogP contribution in [-0.4, -0.2) is 47.1 Å². The molecule has 122 valence electrons. The lowest BCUT2D eigenvalue weighted by molar-refractivity contribution is 0.0194. The van der Waals surface area contributed by atoms with Crippen LogP contribution in [-0.2, 0) is 11.3 Å². The second-order valence-corrected chi connectivity index (χ2v) is 5.61. The summed E-state index contributed by atoms with van der Waals surface area (Å²) in [5, 5.41) is 13.1. The Morgan fingerprint density at radius 1 is 1.33 bits per heavy atom. The zero-order valence-electron chi connectivity index (χ0n) is 13.5. The summed E-state index contributed by atoms with van der Waals surface area (Å²) < 4.78 is 7.65. The molecule has 0 aliphatic heterocycles. The highest BCUT2D eigenvalue weighted by atomic mass is 16.5. The molecule has 5 heteroatoms. The van der Waals surface area contributed by atoms with Crippen molar-refractivity contribution < 1.29 is 9.84 Å². The predicted octanol–water partition coefficient (Wildman–Crippen LogP) is 2.07. The Bertz CT molecular complexity index is 330. The first kappa shape index (κ1) is 18.1. The van der Waals surface area contributed by atoms with Gasteiger partial charge in [-0.1, -0.05) is 33.1 Å². The summed E-state index contributed by atoms with van der Waals surface area (Å²) >= 11 is 0. The van der Waals surface area contributed by atoms with E-state index in [1.54, 1.807) is 12.5 Å². The summed E-state index contributed by atoms with van der Waals surface area (Å²) in [4.78, 5) is 3.99. The van der Waals surface area contributed by atoms with Crippen LogP contribution in [0.5, 0.6) is 0 Å². The quantitative estimate of drug-likeness (QED) is 0.547. The molecule has 2 N–H and O–H groups in total. The van der Waals surface area contributed by atoms with Gasteiger partial charge in [-0.05, 0) is 12.3 Å². The molecule has 0 amide bonds. The molecule has 0 aromatic carbocycles. The molecular formula is C16H31N3O2. The molecule has 21 heavy (non-hydrogen) atoms. The average molecular weight is 297 g/mol. The van der Waals surface area contributed by atoms with Crippen molar-refractivity contribution in [2.24, 2.45) is 5.92 Å². The van der Waals surface area contributed by atoms with E-state index in [4.69, 9.17) is 4.74 Å². The van der Waals surface area contributed by atoms with E-state index < -0.39 is 6.10 Å². The Labute approximate surface area is 128 Å². The Balaban J connectivity index is 1.98. The number of nitrogens with one attached hydrogen (secondary N) is 1. The monoisotopic (exact) mass is 297 g/mol. The van der Waals surface area contributed by atoms with E-state index in [1.165, 1.54) is 19.3 Å². The molecule has 0 spiro atoms. The summed E-state index contributed by atoms with van der Waals surface area (Å²) in [6.07, 6.45) is 9.94. The fourth-order valence-electron chi connectivity index (χ4n) is 2.22. The number of imidazole rings is 1. The van der Waals surface area contributed by atoms with Crippen LogP contribution in [0.15, 0.2) is 18.7 Å². The Hall–Kier alpha value is -0.910. The molecule has 5 nitrogen and oxygen atoms in total. The van der Waals surface area contributed by atoms with Crippen molar-refractivity contribution in [3.8, 4) is 0 Å². The van der Waals surface area contributed by atoms with Gasteiger partial charge in [0.25, 0.3) is 0 Å². The Morgan fingerprint density at radius 2 is 2.19 bits per heavy atom. The van der Waals surface area contributed by atoms with E-state index in [0.717, 1.165) is 26.1 Å². The molecule has 2 atom stereocenters. The molecule has 0 radical (unpaired) electrons. The molecule has 2 unspecified atom stereocenters. The third-order valence-electron chi connectivity index (χ3n) is 3.69. The zero-order valence-corrected chi connectivity index (χ0v) is 13.5. The number of ether oxygens (including phenoxy) is 1. The molecule has 0 aliphatic rings. The van der Waals surface area contributed by atoms with Crippen molar-refractivity contribution in [1.29, 1.82) is 0 Å². The van der Waals surface area contributed by atoms with Crippen molar-refractivity contribution >= 4 is 0 Å². The van der Waals surface area contributed by atoms with Crippen LogP contribution in [0.25, 0.3) is 0 Å². The zero-order chi connectivity index (χ0) is 15.3. The van der Waals surface area contributed by atoms with Gasteiger partial charge in [0.15, 0.2) is 0 Å². The SMILES string of the molecule is CCCCC(CC)COCC(O)CNCCn1ccnc1. The third kappa shape index (κ3) is 8.86. The maximum atomic E-state index is 9.86. The number of unbranched alkanes of at least 4 members (excludes halogenated alkanes) is 1. The van der Waals surface area contributed by atoms with E-state index in [1.807, 2.05) is 10.8 Å². The van der Waals surface area contributed by atoms with Crippen molar-refractivity contribution in [3.05, 3.63) is 18.7 Å². The minimum absolute atomic E-state index is 0.417. The number of rotatable bonds is 13. The number of hydrogen-bond donors (Lipinski definition) is 2. The molecule has 0 fully saturated rings. The largest absolute Gasteiger partial charge is 0.389 e. The Morgan fingerprint density at radius 3 is 2.86 bits per heavy atom. The van der Waals surface area contributed by atoms with E-state index >= 15 is 0 Å². The van der Waals surface area contributed by atoms with Gasteiger partial charge in [0.2, 0.25) is 0 Å². The summed E-state index contributed by atoms with van der Waals surface area (Å²) in [5.41, 5.74) is 0. The van der Waals surface area contributed by atoms with Gasteiger partial charge in [-0.2, -0.15) is 0 Å². The maximum Gasteiger partial charge on any atom is 0.0946 e. The van der Waals surface area contributed by atoms with Gasteiger partial charge in [0.1, 0.15) is 0 Å². The molecule has 1 aromatic rings. The fraction of sp³-hybridized carbons (Fsp3) is 0.812. The van der Waals surface area contributed by atoms with Crippen LogP contribution in [0.1, 0.15) is 39.5 Å². The minimum Gasteiger partial charge on any atom is -0.389 e. The molecule has 0 saturated carbocycles. The molecule has 0 bridgehead atoms. The number of aliphatic hydroxyl groups is 1. The smallest absolute Gasteiger partial charge is 0.0946 e. The first-order chi connectivity index (χ1) is 10.3. The molecule has 1 heterocycles. The fourth-order valence-corrected chi connectivity index (χ4v) is 2.22. The lowest BCUT2D eigenvalue weighted by Gasteiger charge is -2.17. The van der Waals surface area contributed by atoms with E-state index in [9.17, 15) is 5.11 Å². The van der Waals surface area contributed by atoms with Gasteiger partial charge in [0.05, 0.1) is 19.0 Å². The highest BCUT2D eigenvalue weighted by Crippen LogP contribution is 2.12. The van der Waals surface area contributed by atoms with Crippen LogP contribution in [0, 0.1) is 5.92 Å². The summed E-state index contributed by atoms with van der Waals surface area (Å²) in [5.74, 6) is 0.631. The molecule has 0 aliphatic carbocycles. The van der Waals surface area contributed by atoms with E-state index in [0.29, 0.717) is 19.1 Å². The van der Waals surface area contributed by atoms with Crippen LogP contribution >= 0.6 is 0 Å². The summed E-state index contributed by atoms with van der Waals surface area (Å²) in [6, 6.07) is 0. The lowest BCUT2D eigenvalue weighted by atomic mass is 10.0. The molecule has 1 rings (SSSR count). The van der Waals surface area contributed by atoms with E-state index in [-0.39, 0.29) is 0 Å². The second kappa shape index (κ2) is 11.7. The van der Waals surface area contributed by atoms with Gasteiger partial charge in [-0.25, -0.2) is 4.98 Å². The predicted molar refractivity (Wildman–Crippen MR) is 85.2 cm³/mol. The number of nitrogens with zero attached hydrogens (tertiary/aromatic N) is 2.